The zero-order valence-corrected chi connectivity index (χ0v) is 13.2. The van der Waals surface area contributed by atoms with Crippen molar-refractivity contribution in [3.05, 3.63) is 65.4 Å². The van der Waals surface area contributed by atoms with Crippen molar-refractivity contribution < 1.29 is 9.21 Å². The Labute approximate surface area is 133 Å². The molecule has 3 rings (SSSR count). The number of benzene rings is 2. The van der Waals surface area contributed by atoms with Crippen LogP contribution >= 0.6 is 11.9 Å². The summed E-state index contributed by atoms with van der Waals surface area (Å²) < 4.78 is 5.55. The van der Waals surface area contributed by atoms with Gasteiger partial charge in [0.1, 0.15) is 5.58 Å². The first-order valence-corrected chi connectivity index (χ1v) is 7.73. The second-order valence-electron chi connectivity index (χ2n) is 5.08. The SMILES string of the molecule is Cc1ccc2oc(C(=O)NNSc3ccccc3C)cc2c1. The van der Waals surface area contributed by atoms with Gasteiger partial charge in [0, 0.05) is 10.3 Å². The van der Waals surface area contributed by atoms with E-state index in [-0.39, 0.29) is 5.91 Å². The molecule has 0 radical (unpaired) electrons. The van der Waals surface area contributed by atoms with Crippen LogP contribution < -0.4 is 10.3 Å². The Kier molecular flexibility index (Phi) is 4.18. The van der Waals surface area contributed by atoms with Gasteiger partial charge in [-0.25, -0.2) is 0 Å². The molecule has 22 heavy (non-hydrogen) atoms. The highest BCUT2D eigenvalue weighted by molar-refractivity contribution is 7.97. The highest BCUT2D eigenvalue weighted by Crippen LogP contribution is 2.21. The van der Waals surface area contributed by atoms with Crippen LogP contribution in [-0.4, -0.2) is 5.91 Å². The van der Waals surface area contributed by atoms with E-state index in [9.17, 15) is 4.79 Å². The third-order valence-corrected chi connectivity index (χ3v) is 4.20. The number of nitrogens with one attached hydrogen (secondary N) is 2. The summed E-state index contributed by atoms with van der Waals surface area (Å²) in [5.74, 6) is -0.00609. The summed E-state index contributed by atoms with van der Waals surface area (Å²) in [6.45, 7) is 4.03. The average Bonchev–Trinajstić information content (AvgIpc) is 2.92. The van der Waals surface area contributed by atoms with Gasteiger partial charge in [0.25, 0.3) is 0 Å². The van der Waals surface area contributed by atoms with Crippen LogP contribution in [0.25, 0.3) is 11.0 Å². The Hall–Kier alpha value is -2.24. The molecule has 3 aromatic rings. The summed E-state index contributed by atoms with van der Waals surface area (Å²) in [4.78, 5) is 16.0. The molecule has 4 nitrogen and oxygen atoms in total. The minimum Gasteiger partial charge on any atom is -0.451 e. The molecule has 0 bridgehead atoms. The molecule has 2 aromatic carbocycles. The van der Waals surface area contributed by atoms with Crippen molar-refractivity contribution in [2.75, 3.05) is 0 Å². The van der Waals surface area contributed by atoms with Crippen LogP contribution in [0.2, 0.25) is 0 Å². The maximum Gasteiger partial charge on any atom is 0.301 e. The van der Waals surface area contributed by atoms with Crippen LogP contribution in [0.1, 0.15) is 21.7 Å². The van der Waals surface area contributed by atoms with Crippen LogP contribution in [0.3, 0.4) is 0 Å². The van der Waals surface area contributed by atoms with E-state index in [0.717, 1.165) is 21.4 Å². The molecule has 1 heterocycles. The molecular formula is C17H16N2O2S. The van der Waals surface area contributed by atoms with Gasteiger partial charge in [-0.2, -0.15) is 4.83 Å². The van der Waals surface area contributed by atoms with Gasteiger partial charge in [0.15, 0.2) is 5.76 Å². The van der Waals surface area contributed by atoms with Crippen LogP contribution in [-0.2, 0) is 0 Å². The first-order chi connectivity index (χ1) is 10.6. The third kappa shape index (κ3) is 3.16. The molecule has 0 unspecified atom stereocenters. The van der Waals surface area contributed by atoms with E-state index in [1.807, 2.05) is 56.3 Å². The molecule has 0 aliphatic rings. The Bertz CT molecular complexity index is 826. The summed E-state index contributed by atoms with van der Waals surface area (Å²) in [5.41, 5.74) is 5.62. The molecule has 0 aliphatic heterocycles. The molecule has 0 fully saturated rings. The lowest BCUT2D eigenvalue weighted by molar-refractivity contribution is 0.0921. The van der Waals surface area contributed by atoms with Crippen molar-refractivity contribution in [3.8, 4) is 0 Å². The normalized spacial score (nSPS) is 10.8. The molecule has 0 atom stereocenters. The van der Waals surface area contributed by atoms with Crippen LogP contribution in [0.15, 0.2) is 57.8 Å². The fourth-order valence-electron chi connectivity index (χ4n) is 2.13. The van der Waals surface area contributed by atoms with E-state index in [0.29, 0.717) is 11.3 Å². The predicted molar refractivity (Wildman–Crippen MR) is 88.6 cm³/mol. The molecule has 0 spiro atoms. The number of amides is 1. The summed E-state index contributed by atoms with van der Waals surface area (Å²) in [6.07, 6.45) is 0. The lowest BCUT2D eigenvalue weighted by Gasteiger charge is -2.06. The predicted octanol–water partition coefficient (Wildman–Crippen LogP) is 3.99. The second-order valence-corrected chi connectivity index (χ2v) is 5.92. The molecule has 1 amide bonds. The first-order valence-electron chi connectivity index (χ1n) is 6.91. The lowest BCUT2D eigenvalue weighted by Crippen LogP contribution is -2.32. The van der Waals surface area contributed by atoms with Gasteiger partial charge in [-0.1, -0.05) is 29.8 Å². The summed E-state index contributed by atoms with van der Waals surface area (Å²) in [5, 5.41) is 0.928. The third-order valence-electron chi connectivity index (χ3n) is 3.31. The van der Waals surface area contributed by atoms with Gasteiger partial charge in [-0.15, -0.1) is 0 Å². The Morgan fingerprint density at radius 1 is 1.09 bits per heavy atom. The largest absolute Gasteiger partial charge is 0.451 e. The highest BCUT2D eigenvalue weighted by Gasteiger charge is 2.12. The van der Waals surface area contributed by atoms with Crippen molar-refractivity contribution in [1.29, 1.82) is 0 Å². The smallest absolute Gasteiger partial charge is 0.301 e. The van der Waals surface area contributed by atoms with Gasteiger partial charge < -0.3 is 4.42 Å². The van der Waals surface area contributed by atoms with Crippen molar-refractivity contribution in [2.45, 2.75) is 18.7 Å². The number of rotatable bonds is 4. The number of fused-ring (bicyclic) bond motifs is 1. The zero-order valence-electron chi connectivity index (χ0n) is 12.3. The van der Waals surface area contributed by atoms with Crippen molar-refractivity contribution in [1.82, 2.24) is 10.3 Å². The van der Waals surface area contributed by atoms with Crippen molar-refractivity contribution in [2.24, 2.45) is 0 Å². The Morgan fingerprint density at radius 2 is 1.91 bits per heavy atom. The van der Waals surface area contributed by atoms with Crippen LogP contribution in [0, 0.1) is 13.8 Å². The molecule has 0 saturated carbocycles. The topological polar surface area (TPSA) is 54.3 Å². The van der Waals surface area contributed by atoms with Crippen molar-refractivity contribution >= 4 is 28.8 Å². The monoisotopic (exact) mass is 312 g/mol. The molecular weight excluding hydrogens is 296 g/mol. The minimum absolute atomic E-state index is 0.290. The van der Waals surface area contributed by atoms with E-state index >= 15 is 0 Å². The Morgan fingerprint density at radius 3 is 2.73 bits per heavy atom. The van der Waals surface area contributed by atoms with Gasteiger partial charge in [-0.3, -0.25) is 10.2 Å². The number of hydrogen-bond acceptors (Lipinski definition) is 4. The molecule has 5 heteroatoms. The molecule has 2 N–H and O–H groups in total. The maximum atomic E-state index is 12.1. The summed E-state index contributed by atoms with van der Waals surface area (Å²) >= 11 is 1.36. The molecule has 1 aromatic heterocycles. The average molecular weight is 312 g/mol. The number of hydrogen-bond donors (Lipinski definition) is 2. The standard InChI is InChI=1S/C17H16N2O2S/c1-11-7-8-14-13(9-11)10-15(21-14)17(20)18-19-22-16-6-4-3-5-12(16)2/h3-10,19H,1-2H3,(H,18,20). The van der Waals surface area contributed by atoms with Gasteiger partial charge in [0.2, 0.25) is 0 Å². The van der Waals surface area contributed by atoms with E-state index < -0.39 is 0 Å². The van der Waals surface area contributed by atoms with E-state index in [1.165, 1.54) is 11.9 Å². The second kappa shape index (κ2) is 6.25. The number of hydrazine groups is 1. The maximum absolute atomic E-state index is 12.1. The fraction of sp³-hybridized carbons (Fsp3) is 0.118. The van der Waals surface area contributed by atoms with Crippen LogP contribution in [0.4, 0.5) is 0 Å². The Balaban J connectivity index is 1.65. The first kappa shape index (κ1) is 14.7. The van der Waals surface area contributed by atoms with E-state index in [1.54, 1.807) is 6.07 Å². The summed E-state index contributed by atoms with van der Waals surface area (Å²) in [7, 11) is 0. The van der Waals surface area contributed by atoms with Gasteiger partial charge in [0.05, 0.1) is 0 Å². The summed E-state index contributed by atoms with van der Waals surface area (Å²) in [6, 6.07) is 15.5. The highest BCUT2D eigenvalue weighted by atomic mass is 32.2. The molecule has 0 saturated heterocycles. The number of aryl methyl sites for hydroxylation is 2. The fourth-order valence-corrected chi connectivity index (χ4v) is 2.76. The number of carbonyl (C=O) groups excluding carboxylic acids is 1. The number of furan rings is 1. The quantitative estimate of drug-likeness (QED) is 0.565. The zero-order chi connectivity index (χ0) is 15.5. The van der Waals surface area contributed by atoms with Crippen LogP contribution in [0.5, 0.6) is 0 Å². The van der Waals surface area contributed by atoms with E-state index in [4.69, 9.17) is 4.42 Å². The molecule has 0 aliphatic carbocycles. The van der Waals surface area contributed by atoms with Crippen molar-refractivity contribution in [3.63, 3.8) is 0 Å². The number of carbonyl (C=O) groups is 1. The molecule has 112 valence electrons. The van der Waals surface area contributed by atoms with Gasteiger partial charge in [-0.05, 0) is 55.6 Å². The lowest BCUT2D eigenvalue weighted by atomic mass is 10.2. The van der Waals surface area contributed by atoms with Gasteiger partial charge >= 0.3 is 5.91 Å². The minimum atomic E-state index is -0.296. The van der Waals surface area contributed by atoms with E-state index in [2.05, 4.69) is 10.3 Å².